The van der Waals surface area contributed by atoms with E-state index in [1.165, 1.54) is 25.7 Å². The minimum Gasteiger partial charge on any atom is -0.265 e. The molecule has 3 aliphatic carbocycles. The van der Waals surface area contributed by atoms with Gasteiger partial charge in [0.25, 0.3) is 0 Å². The Morgan fingerprint density at radius 1 is 1.22 bits per heavy atom. The topological polar surface area (TPSA) is 75.2 Å². The average Bonchev–Trinajstić information content (AvgIpc) is 3.11. The largest absolute Gasteiger partial charge is 0.265 e. The van der Waals surface area contributed by atoms with Gasteiger partial charge >= 0.3 is 0 Å². The summed E-state index contributed by atoms with van der Waals surface area (Å²) in [6.07, 6.45) is 11.9. The summed E-state index contributed by atoms with van der Waals surface area (Å²) in [4.78, 5) is 19.5. The molecule has 2 aromatic rings. The predicted molar refractivity (Wildman–Crippen MR) is 104 cm³/mol. The lowest BCUT2D eigenvalue weighted by molar-refractivity contribution is -0.235. The molecule has 7 nitrogen and oxygen atoms in total. The highest BCUT2D eigenvalue weighted by Crippen LogP contribution is 2.50. The van der Waals surface area contributed by atoms with Gasteiger partial charge < -0.3 is 0 Å². The molecule has 142 valence electrons. The zero-order chi connectivity index (χ0) is 18.3. The minimum absolute atomic E-state index is 0.0540. The van der Waals surface area contributed by atoms with Crippen LogP contribution in [-0.2, 0) is 4.84 Å². The van der Waals surface area contributed by atoms with Crippen molar-refractivity contribution in [2.45, 2.75) is 42.7 Å². The molecular formula is C19H24N6OS. The lowest BCUT2D eigenvalue weighted by Crippen LogP contribution is -2.50. The van der Waals surface area contributed by atoms with Crippen LogP contribution in [0.5, 0.6) is 0 Å². The number of nitrogens with one attached hydrogen (secondary N) is 2. The molecule has 2 N–H and O–H groups in total. The summed E-state index contributed by atoms with van der Waals surface area (Å²) < 4.78 is 0. The Morgan fingerprint density at radius 3 is 2.81 bits per heavy atom. The van der Waals surface area contributed by atoms with Crippen molar-refractivity contribution in [2.75, 3.05) is 18.2 Å². The van der Waals surface area contributed by atoms with Gasteiger partial charge in [0.05, 0.1) is 10.7 Å². The molecule has 1 atom stereocenters. The van der Waals surface area contributed by atoms with Crippen molar-refractivity contribution in [3.05, 3.63) is 30.7 Å². The van der Waals surface area contributed by atoms with E-state index in [0.717, 1.165) is 35.2 Å². The van der Waals surface area contributed by atoms with E-state index in [0.29, 0.717) is 11.7 Å². The quantitative estimate of drug-likeness (QED) is 0.778. The molecular weight excluding hydrogens is 360 g/mol. The van der Waals surface area contributed by atoms with E-state index in [2.05, 4.69) is 25.8 Å². The van der Waals surface area contributed by atoms with Gasteiger partial charge in [0.1, 0.15) is 17.7 Å². The zero-order valence-corrected chi connectivity index (χ0v) is 16.2. The minimum atomic E-state index is -0.0540. The summed E-state index contributed by atoms with van der Waals surface area (Å²) in [6.45, 7) is 0.860. The molecule has 3 saturated carbocycles. The van der Waals surface area contributed by atoms with Gasteiger partial charge in [-0.1, -0.05) is 0 Å². The van der Waals surface area contributed by atoms with Crippen LogP contribution in [0.1, 0.15) is 32.1 Å². The number of hydrogen-bond acceptors (Lipinski definition) is 8. The molecule has 1 spiro atoms. The molecule has 0 aromatic carbocycles. The molecule has 3 heterocycles. The fraction of sp³-hybridized carbons (Fsp3) is 0.526. The third-order valence-electron chi connectivity index (χ3n) is 6.14. The van der Waals surface area contributed by atoms with Crippen LogP contribution in [0, 0.1) is 11.8 Å². The van der Waals surface area contributed by atoms with Gasteiger partial charge in [-0.05, 0) is 67.6 Å². The molecule has 6 rings (SSSR count). The Balaban J connectivity index is 1.29. The van der Waals surface area contributed by atoms with Gasteiger partial charge in [0, 0.05) is 24.4 Å². The highest BCUT2D eigenvalue weighted by atomic mass is 32.2. The molecule has 1 saturated heterocycles. The van der Waals surface area contributed by atoms with E-state index in [1.54, 1.807) is 23.4 Å². The summed E-state index contributed by atoms with van der Waals surface area (Å²) in [7, 11) is 0. The number of aromatic nitrogens is 3. The monoisotopic (exact) mass is 384 g/mol. The maximum Gasteiger partial charge on any atom is 0.147 e. The Hall–Kier alpha value is -1.74. The fourth-order valence-corrected chi connectivity index (χ4v) is 5.09. The molecule has 4 aliphatic rings. The van der Waals surface area contributed by atoms with Crippen LogP contribution in [-0.4, -0.2) is 38.6 Å². The number of hydrazine groups is 2. The average molecular weight is 385 g/mol. The lowest BCUT2D eigenvalue weighted by atomic mass is 9.62. The normalized spacial score (nSPS) is 30.1. The van der Waals surface area contributed by atoms with Crippen LogP contribution in [0.3, 0.4) is 0 Å². The molecule has 0 unspecified atom stereocenters. The van der Waals surface area contributed by atoms with Crippen molar-refractivity contribution < 1.29 is 4.84 Å². The summed E-state index contributed by atoms with van der Waals surface area (Å²) in [5.41, 5.74) is 8.32. The summed E-state index contributed by atoms with van der Waals surface area (Å²) >= 11 is 1.63. The summed E-state index contributed by atoms with van der Waals surface area (Å²) in [5, 5.41) is 2.63. The van der Waals surface area contributed by atoms with Gasteiger partial charge in [-0.2, -0.15) is 0 Å². The van der Waals surface area contributed by atoms with Gasteiger partial charge in [-0.15, -0.1) is 11.8 Å². The van der Waals surface area contributed by atoms with Crippen LogP contribution in [0.25, 0.3) is 11.3 Å². The first-order valence-corrected chi connectivity index (χ1v) is 10.8. The molecule has 1 aliphatic heterocycles. The standard InChI is InChI=1S/C19H24N6OS/c1-27-18-7-4-14(10-20-18)16-8-17(22-12-21-16)24-25-23-11-19(26-25)9-13-2-5-15(19)6-3-13/h4,7-8,10,12-13,15,23H,2-3,5-6,9,11H2,1H3,(H,21,22,24)/t13?,15?,19-/m0/s1. The number of fused-ring (bicyclic) bond motifs is 2. The highest BCUT2D eigenvalue weighted by molar-refractivity contribution is 7.98. The van der Waals surface area contributed by atoms with Crippen molar-refractivity contribution >= 4 is 17.6 Å². The molecule has 8 heteroatoms. The van der Waals surface area contributed by atoms with Gasteiger partial charge in [-0.3, -0.25) is 10.3 Å². The highest BCUT2D eigenvalue weighted by Gasteiger charge is 2.52. The van der Waals surface area contributed by atoms with Gasteiger partial charge in [0.2, 0.25) is 0 Å². The first-order valence-electron chi connectivity index (χ1n) is 9.56. The van der Waals surface area contributed by atoms with Crippen LogP contribution in [0.15, 0.2) is 35.7 Å². The predicted octanol–water partition coefficient (Wildman–Crippen LogP) is 3.29. The van der Waals surface area contributed by atoms with Crippen LogP contribution in [0.4, 0.5) is 5.82 Å². The second-order valence-corrected chi connectivity index (χ2v) is 8.52. The summed E-state index contributed by atoms with van der Waals surface area (Å²) in [6, 6.07) is 5.95. The van der Waals surface area contributed by atoms with E-state index in [9.17, 15) is 0 Å². The number of nitrogens with zero attached hydrogens (tertiary/aromatic N) is 4. The number of thioether (sulfide) groups is 1. The zero-order valence-electron chi connectivity index (χ0n) is 15.4. The Labute approximate surface area is 163 Å². The molecule has 4 fully saturated rings. The van der Waals surface area contributed by atoms with Gasteiger partial charge in [0.15, 0.2) is 0 Å². The Kier molecular flexibility index (Phi) is 4.51. The van der Waals surface area contributed by atoms with E-state index < -0.39 is 0 Å². The number of rotatable bonds is 4. The molecule has 27 heavy (non-hydrogen) atoms. The van der Waals surface area contributed by atoms with Crippen molar-refractivity contribution in [1.82, 2.24) is 25.7 Å². The molecule has 0 radical (unpaired) electrons. The van der Waals surface area contributed by atoms with Crippen molar-refractivity contribution in [2.24, 2.45) is 11.8 Å². The Morgan fingerprint density at radius 2 is 2.11 bits per heavy atom. The second kappa shape index (κ2) is 7.01. The van der Waals surface area contributed by atoms with Gasteiger partial charge in [-0.25, -0.2) is 20.4 Å². The second-order valence-electron chi connectivity index (χ2n) is 7.70. The van der Waals surface area contributed by atoms with E-state index in [1.807, 2.05) is 30.7 Å². The van der Waals surface area contributed by atoms with E-state index >= 15 is 0 Å². The van der Waals surface area contributed by atoms with Crippen LogP contribution in [0.2, 0.25) is 0 Å². The van der Waals surface area contributed by atoms with E-state index in [4.69, 9.17) is 4.84 Å². The third-order valence-corrected chi connectivity index (χ3v) is 6.80. The maximum absolute atomic E-state index is 6.34. The van der Waals surface area contributed by atoms with Crippen LogP contribution < -0.4 is 10.9 Å². The molecule has 2 bridgehead atoms. The lowest BCUT2D eigenvalue weighted by Gasteiger charge is -2.47. The Bertz CT molecular complexity index is 810. The first-order chi connectivity index (χ1) is 13.2. The van der Waals surface area contributed by atoms with Crippen LogP contribution >= 0.6 is 11.8 Å². The smallest absolute Gasteiger partial charge is 0.147 e. The first kappa shape index (κ1) is 17.4. The van der Waals surface area contributed by atoms with Crippen molar-refractivity contribution in [1.29, 1.82) is 0 Å². The molecule has 0 amide bonds. The SMILES string of the molecule is CSc1ccc(-c2cc(NN3NC[C@]4(CC5CCC4CC5)O3)ncn2)cn1. The maximum atomic E-state index is 6.34. The third kappa shape index (κ3) is 3.31. The summed E-state index contributed by atoms with van der Waals surface area (Å²) in [5.74, 6) is 2.17. The van der Waals surface area contributed by atoms with E-state index in [-0.39, 0.29) is 5.60 Å². The number of anilines is 1. The fourth-order valence-electron chi connectivity index (χ4n) is 4.72. The van der Waals surface area contributed by atoms with Crippen molar-refractivity contribution in [3.63, 3.8) is 0 Å². The molecule has 2 aromatic heterocycles. The number of pyridine rings is 1. The number of hydrogen-bond donors (Lipinski definition) is 2. The van der Waals surface area contributed by atoms with Crippen molar-refractivity contribution in [3.8, 4) is 11.3 Å².